The van der Waals surface area contributed by atoms with Crippen molar-refractivity contribution in [1.29, 1.82) is 0 Å². The predicted molar refractivity (Wildman–Crippen MR) is 118 cm³/mol. The summed E-state index contributed by atoms with van der Waals surface area (Å²) >= 11 is 0. The Kier molecular flexibility index (Phi) is 4.96. The van der Waals surface area contributed by atoms with Gasteiger partial charge >= 0.3 is 6.09 Å². The maximum Gasteiger partial charge on any atom is 0.410 e. The number of aromatic nitrogens is 2. The number of ether oxygens (including phenoxy) is 2. The van der Waals surface area contributed by atoms with Crippen LogP contribution < -0.4 is 5.32 Å². The van der Waals surface area contributed by atoms with Crippen molar-refractivity contribution in [3.63, 3.8) is 0 Å². The van der Waals surface area contributed by atoms with Crippen molar-refractivity contribution >= 4 is 17.5 Å². The van der Waals surface area contributed by atoms with Crippen molar-refractivity contribution in [3.05, 3.63) is 35.9 Å². The van der Waals surface area contributed by atoms with Crippen LogP contribution in [0.1, 0.15) is 45.0 Å². The van der Waals surface area contributed by atoms with Gasteiger partial charge in [-0.05, 0) is 51.2 Å². The van der Waals surface area contributed by atoms with Crippen LogP contribution in [0, 0.1) is 24.7 Å². The number of hydrogen-bond acceptors (Lipinski definition) is 5. The van der Waals surface area contributed by atoms with E-state index in [0.29, 0.717) is 39.1 Å². The number of carbonyl (C=O) groups is 2. The average molecular weight is 441 g/mol. The Bertz CT molecular complexity index is 1040. The topological polar surface area (TPSA) is 85.2 Å². The van der Waals surface area contributed by atoms with Gasteiger partial charge in [-0.25, -0.2) is 9.78 Å². The minimum absolute atomic E-state index is 0.0543. The molecule has 8 heteroatoms. The van der Waals surface area contributed by atoms with Gasteiger partial charge in [0, 0.05) is 51.3 Å². The maximum absolute atomic E-state index is 13.4. The summed E-state index contributed by atoms with van der Waals surface area (Å²) in [7, 11) is 0. The van der Waals surface area contributed by atoms with Crippen molar-refractivity contribution in [2.24, 2.45) is 17.8 Å². The van der Waals surface area contributed by atoms with Crippen LogP contribution in [0.15, 0.2) is 24.5 Å². The molecule has 2 aliphatic heterocycles. The minimum atomic E-state index is -0.544. The molecule has 0 aromatic carbocycles. The molecule has 1 aliphatic carbocycles. The number of nitrogens with zero attached hydrogens (tertiary/aromatic N) is 3. The van der Waals surface area contributed by atoms with Gasteiger partial charge < -0.3 is 24.1 Å². The van der Waals surface area contributed by atoms with Crippen molar-refractivity contribution in [1.82, 2.24) is 19.6 Å². The van der Waals surface area contributed by atoms with Crippen LogP contribution in [0.25, 0.3) is 5.52 Å². The Balaban J connectivity index is 1.31. The minimum Gasteiger partial charge on any atom is -0.444 e. The van der Waals surface area contributed by atoms with E-state index in [2.05, 4.69) is 22.7 Å². The van der Waals surface area contributed by atoms with E-state index in [1.165, 1.54) is 0 Å². The highest BCUT2D eigenvalue weighted by molar-refractivity contribution is 5.84. The quantitative estimate of drug-likeness (QED) is 0.793. The van der Waals surface area contributed by atoms with E-state index in [-0.39, 0.29) is 29.8 Å². The SMILES string of the molecule is Cc1cccn2c(C3(NC(=O)[C@H]4[C@@H]5CN(C(=O)OC(C)(C)C)C[C@@H]54)CCOCC3)ncc12. The number of fused-ring (bicyclic) bond motifs is 2. The summed E-state index contributed by atoms with van der Waals surface area (Å²) in [6.07, 6.45) is 5.00. The van der Waals surface area contributed by atoms with Gasteiger partial charge in [0.15, 0.2) is 0 Å². The monoisotopic (exact) mass is 440 g/mol. The van der Waals surface area contributed by atoms with Crippen molar-refractivity contribution in [2.75, 3.05) is 26.3 Å². The third-order valence-corrected chi connectivity index (χ3v) is 7.07. The number of amides is 2. The molecule has 172 valence electrons. The molecular formula is C24H32N4O4. The van der Waals surface area contributed by atoms with E-state index >= 15 is 0 Å². The summed E-state index contributed by atoms with van der Waals surface area (Å²) in [5, 5.41) is 3.38. The molecule has 1 saturated carbocycles. The Hall–Kier alpha value is -2.61. The van der Waals surface area contributed by atoms with Gasteiger partial charge in [0.1, 0.15) is 17.0 Å². The number of aryl methyl sites for hydroxylation is 1. The van der Waals surface area contributed by atoms with E-state index in [1.54, 1.807) is 4.90 Å². The van der Waals surface area contributed by atoms with Gasteiger partial charge in [-0.1, -0.05) is 6.07 Å². The Morgan fingerprint density at radius 3 is 2.56 bits per heavy atom. The molecule has 2 aromatic heterocycles. The number of nitrogens with one attached hydrogen (secondary N) is 1. The highest BCUT2D eigenvalue weighted by Crippen LogP contribution is 2.52. The van der Waals surface area contributed by atoms with Crippen LogP contribution in [-0.2, 0) is 19.8 Å². The number of piperidine rings is 1. The first-order chi connectivity index (χ1) is 15.2. The zero-order valence-corrected chi connectivity index (χ0v) is 19.3. The lowest BCUT2D eigenvalue weighted by Gasteiger charge is -2.37. The lowest BCUT2D eigenvalue weighted by molar-refractivity contribution is -0.127. The Labute approximate surface area is 188 Å². The van der Waals surface area contributed by atoms with Crippen LogP contribution in [0.2, 0.25) is 0 Å². The number of carbonyl (C=O) groups excluding carboxylic acids is 2. The van der Waals surface area contributed by atoms with E-state index in [4.69, 9.17) is 14.5 Å². The summed E-state index contributed by atoms with van der Waals surface area (Å²) < 4.78 is 13.2. The number of imidazole rings is 1. The van der Waals surface area contributed by atoms with E-state index in [0.717, 1.165) is 16.9 Å². The van der Waals surface area contributed by atoms with Gasteiger partial charge in [0.2, 0.25) is 5.91 Å². The molecule has 2 aromatic rings. The summed E-state index contributed by atoms with van der Waals surface area (Å²) in [6, 6.07) is 4.08. The third-order valence-electron chi connectivity index (χ3n) is 7.07. The molecule has 3 fully saturated rings. The van der Waals surface area contributed by atoms with E-state index < -0.39 is 11.1 Å². The lowest BCUT2D eigenvalue weighted by Crippen LogP contribution is -2.52. The molecule has 32 heavy (non-hydrogen) atoms. The molecule has 8 nitrogen and oxygen atoms in total. The molecule has 0 radical (unpaired) electrons. The predicted octanol–water partition coefficient (Wildman–Crippen LogP) is 2.88. The number of hydrogen-bond donors (Lipinski definition) is 1. The van der Waals surface area contributed by atoms with Gasteiger partial charge in [0.05, 0.1) is 11.7 Å². The fourth-order valence-corrected chi connectivity index (χ4v) is 5.35. The average Bonchev–Trinajstić information content (AvgIpc) is 3.05. The van der Waals surface area contributed by atoms with Crippen LogP contribution in [0.4, 0.5) is 4.79 Å². The second-order valence-corrected chi connectivity index (χ2v) is 10.5. The number of likely N-dealkylation sites (tertiary alicyclic amines) is 1. The van der Waals surface area contributed by atoms with Crippen molar-refractivity contribution in [3.8, 4) is 0 Å². The van der Waals surface area contributed by atoms with Gasteiger partial charge in [-0.3, -0.25) is 4.79 Å². The molecular weight excluding hydrogens is 408 g/mol. The molecule has 0 unspecified atom stereocenters. The van der Waals surface area contributed by atoms with Crippen LogP contribution in [0.3, 0.4) is 0 Å². The lowest BCUT2D eigenvalue weighted by atomic mass is 9.88. The maximum atomic E-state index is 13.4. The molecule has 3 atom stereocenters. The third kappa shape index (κ3) is 3.64. The van der Waals surface area contributed by atoms with E-state index in [1.807, 2.05) is 39.2 Å². The zero-order valence-electron chi connectivity index (χ0n) is 19.3. The highest BCUT2D eigenvalue weighted by Gasteiger charge is 2.61. The molecule has 2 saturated heterocycles. The molecule has 0 spiro atoms. The fourth-order valence-electron chi connectivity index (χ4n) is 5.35. The molecule has 5 rings (SSSR count). The van der Waals surface area contributed by atoms with Crippen molar-refractivity contribution in [2.45, 2.75) is 51.7 Å². The zero-order chi connectivity index (χ0) is 22.7. The van der Waals surface area contributed by atoms with Crippen LogP contribution >= 0.6 is 0 Å². The summed E-state index contributed by atoms with van der Waals surface area (Å²) in [4.78, 5) is 32.2. The summed E-state index contributed by atoms with van der Waals surface area (Å²) in [6.45, 7) is 10.0. The Morgan fingerprint density at radius 1 is 1.22 bits per heavy atom. The molecule has 4 heterocycles. The van der Waals surface area contributed by atoms with Crippen molar-refractivity contribution < 1.29 is 19.1 Å². The van der Waals surface area contributed by atoms with Crippen LogP contribution in [-0.4, -0.2) is 58.2 Å². The first-order valence-corrected chi connectivity index (χ1v) is 11.5. The number of pyridine rings is 1. The second kappa shape index (κ2) is 7.47. The van der Waals surface area contributed by atoms with Gasteiger partial charge in [-0.2, -0.15) is 0 Å². The Morgan fingerprint density at radius 2 is 1.91 bits per heavy atom. The second-order valence-electron chi connectivity index (χ2n) is 10.5. The highest BCUT2D eigenvalue weighted by atomic mass is 16.6. The van der Waals surface area contributed by atoms with Gasteiger partial charge in [-0.15, -0.1) is 0 Å². The standard InChI is InChI=1S/C24H32N4O4/c1-15-6-5-9-28-18(15)12-25-21(28)24(7-10-31-11-8-24)26-20(29)19-16-13-27(14-17(16)19)22(30)32-23(2,3)4/h5-6,9,12,16-17,19H,7-8,10-11,13-14H2,1-4H3,(H,26,29)/t16-,17+,19+. The van der Waals surface area contributed by atoms with E-state index in [9.17, 15) is 9.59 Å². The normalized spacial score (nSPS) is 26.6. The largest absolute Gasteiger partial charge is 0.444 e. The first kappa shape index (κ1) is 21.2. The number of rotatable bonds is 3. The first-order valence-electron chi connectivity index (χ1n) is 11.5. The fraction of sp³-hybridized carbons (Fsp3) is 0.625. The molecule has 1 N–H and O–H groups in total. The summed E-state index contributed by atoms with van der Waals surface area (Å²) in [5.41, 5.74) is 1.15. The summed E-state index contributed by atoms with van der Waals surface area (Å²) in [5.74, 6) is 1.29. The van der Waals surface area contributed by atoms with Crippen LogP contribution in [0.5, 0.6) is 0 Å². The molecule has 2 amide bonds. The molecule has 0 bridgehead atoms. The van der Waals surface area contributed by atoms with Gasteiger partial charge in [0.25, 0.3) is 0 Å². The molecule has 3 aliphatic rings. The smallest absolute Gasteiger partial charge is 0.410 e.